The summed E-state index contributed by atoms with van der Waals surface area (Å²) in [6, 6.07) is 2.57. The Hall–Kier alpha value is -1.04. The lowest BCUT2D eigenvalue weighted by molar-refractivity contribution is -0.158. The van der Waals surface area contributed by atoms with E-state index in [1.54, 1.807) is 0 Å². The van der Waals surface area contributed by atoms with Crippen LogP contribution in [-0.4, -0.2) is 12.1 Å². The van der Waals surface area contributed by atoms with Crippen molar-refractivity contribution in [2.24, 2.45) is 17.3 Å². The zero-order chi connectivity index (χ0) is 18.8. The molecule has 0 amide bonds. The van der Waals surface area contributed by atoms with E-state index in [2.05, 4.69) is 19.9 Å². The first-order chi connectivity index (χ1) is 12.6. The second kappa shape index (κ2) is 11.0. The fourth-order valence-electron chi connectivity index (χ4n) is 4.82. The topological polar surface area (TPSA) is 50.1 Å². The van der Waals surface area contributed by atoms with Gasteiger partial charge in [-0.15, -0.1) is 0 Å². The van der Waals surface area contributed by atoms with E-state index < -0.39 is 0 Å². The Morgan fingerprint density at radius 2 is 1.65 bits per heavy atom. The highest BCUT2D eigenvalue weighted by Gasteiger charge is 2.37. The van der Waals surface area contributed by atoms with E-state index in [0.717, 1.165) is 63.7 Å². The fraction of sp³-hybridized carbons (Fsp3) is 0.913. The Bertz CT molecular complexity index is 451. The summed E-state index contributed by atoms with van der Waals surface area (Å²) in [6.07, 6.45) is 16.6. The lowest BCUT2D eigenvalue weighted by atomic mass is 9.71. The molecule has 0 atom stereocenters. The van der Waals surface area contributed by atoms with Gasteiger partial charge in [0.15, 0.2) is 0 Å². The minimum atomic E-state index is -0.157. The average molecular weight is 362 g/mol. The smallest absolute Gasteiger partial charge is 0.309 e. The zero-order valence-electron chi connectivity index (χ0n) is 17.1. The highest BCUT2D eigenvalue weighted by atomic mass is 16.5. The van der Waals surface area contributed by atoms with Crippen molar-refractivity contribution < 1.29 is 9.53 Å². The van der Waals surface area contributed by atoms with Crippen LogP contribution < -0.4 is 0 Å². The van der Waals surface area contributed by atoms with E-state index in [1.807, 2.05) is 0 Å². The van der Waals surface area contributed by atoms with Crippen molar-refractivity contribution in [2.45, 2.75) is 116 Å². The van der Waals surface area contributed by atoms with Gasteiger partial charge in [-0.3, -0.25) is 4.79 Å². The summed E-state index contributed by atoms with van der Waals surface area (Å²) in [4.78, 5) is 12.5. The van der Waals surface area contributed by atoms with Gasteiger partial charge in [0, 0.05) is 0 Å². The molecule has 3 heteroatoms. The molecule has 0 bridgehead atoms. The third-order valence-electron chi connectivity index (χ3n) is 6.81. The molecule has 148 valence electrons. The van der Waals surface area contributed by atoms with E-state index >= 15 is 0 Å². The van der Waals surface area contributed by atoms with Crippen LogP contribution >= 0.6 is 0 Å². The van der Waals surface area contributed by atoms with Gasteiger partial charge in [0.25, 0.3) is 0 Å². The fourth-order valence-corrected chi connectivity index (χ4v) is 4.82. The first-order valence-corrected chi connectivity index (χ1v) is 11.2. The Labute approximate surface area is 160 Å². The molecule has 2 rings (SSSR count). The van der Waals surface area contributed by atoms with Gasteiger partial charge in [0.05, 0.1) is 17.4 Å². The molecule has 26 heavy (non-hydrogen) atoms. The van der Waals surface area contributed by atoms with Crippen molar-refractivity contribution in [1.29, 1.82) is 5.26 Å². The average Bonchev–Trinajstić information content (AvgIpc) is 2.68. The zero-order valence-corrected chi connectivity index (χ0v) is 17.1. The standard InChI is InChI=1S/C23H39NO2/c1-3-5-7-8-19-9-11-20(12-10-19)22(25)26-21-13-16-23(18-24,17-14-21)15-6-4-2/h19-21H,3-17H2,1-2H3. The highest BCUT2D eigenvalue weighted by Crippen LogP contribution is 2.41. The second-order valence-electron chi connectivity index (χ2n) is 8.85. The number of nitriles is 1. The maximum atomic E-state index is 12.5. The normalized spacial score (nSPS) is 32.0. The maximum Gasteiger partial charge on any atom is 0.309 e. The van der Waals surface area contributed by atoms with Gasteiger partial charge in [0.1, 0.15) is 6.10 Å². The molecular formula is C23H39NO2. The van der Waals surface area contributed by atoms with Crippen LogP contribution in [0, 0.1) is 28.6 Å². The first-order valence-electron chi connectivity index (χ1n) is 11.2. The van der Waals surface area contributed by atoms with E-state index in [1.165, 1.54) is 38.5 Å². The van der Waals surface area contributed by atoms with Crippen LogP contribution in [0.1, 0.15) is 110 Å². The van der Waals surface area contributed by atoms with Crippen LogP contribution in [0.5, 0.6) is 0 Å². The molecule has 0 heterocycles. The number of unbranched alkanes of at least 4 members (excludes halogenated alkanes) is 3. The van der Waals surface area contributed by atoms with Gasteiger partial charge in [-0.05, 0) is 63.7 Å². The summed E-state index contributed by atoms with van der Waals surface area (Å²) in [5.41, 5.74) is -0.157. The van der Waals surface area contributed by atoms with Crippen molar-refractivity contribution in [2.75, 3.05) is 0 Å². The molecular weight excluding hydrogens is 322 g/mol. The van der Waals surface area contributed by atoms with E-state index in [9.17, 15) is 10.1 Å². The summed E-state index contributed by atoms with van der Waals surface area (Å²) < 4.78 is 5.86. The van der Waals surface area contributed by atoms with Crippen LogP contribution in [0.2, 0.25) is 0 Å². The van der Waals surface area contributed by atoms with Gasteiger partial charge in [-0.25, -0.2) is 0 Å². The molecule has 0 N–H and O–H groups in total. The number of nitrogens with zero attached hydrogens (tertiary/aromatic N) is 1. The summed E-state index contributed by atoms with van der Waals surface area (Å²) in [5, 5.41) is 9.58. The Morgan fingerprint density at radius 3 is 2.23 bits per heavy atom. The van der Waals surface area contributed by atoms with E-state index in [4.69, 9.17) is 4.74 Å². The molecule has 2 saturated carbocycles. The van der Waals surface area contributed by atoms with Gasteiger partial charge >= 0.3 is 5.97 Å². The minimum absolute atomic E-state index is 0.0417. The predicted molar refractivity (Wildman–Crippen MR) is 106 cm³/mol. The molecule has 2 aliphatic carbocycles. The second-order valence-corrected chi connectivity index (χ2v) is 8.85. The molecule has 0 aromatic heterocycles. The van der Waals surface area contributed by atoms with Gasteiger partial charge in [0.2, 0.25) is 0 Å². The number of carbonyl (C=O) groups is 1. The number of hydrogen-bond acceptors (Lipinski definition) is 3. The molecule has 3 nitrogen and oxygen atoms in total. The number of ether oxygens (including phenoxy) is 1. The van der Waals surface area contributed by atoms with Crippen LogP contribution in [0.15, 0.2) is 0 Å². The third kappa shape index (κ3) is 6.29. The van der Waals surface area contributed by atoms with Gasteiger partial charge in [-0.2, -0.15) is 5.26 Å². The Kier molecular flexibility index (Phi) is 8.96. The molecule has 0 aliphatic heterocycles. The number of carbonyl (C=O) groups excluding carboxylic acids is 1. The van der Waals surface area contributed by atoms with Crippen LogP contribution in [0.4, 0.5) is 0 Å². The molecule has 0 aromatic carbocycles. The Balaban J connectivity index is 1.69. The van der Waals surface area contributed by atoms with Crippen molar-refractivity contribution in [3.63, 3.8) is 0 Å². The molecule has 2 fully saturated rings. The minimum Gasteiger partial charge on any atom is -0.462 e. The lowest BCUT2D eigenvalue weighted by Crippen LogP contribution is -2.33. The van der Waals surface area contributed by atoms with Crippen molar-refractivity contribution >= 4 is 5.97 Å². The molecule has 2 aliphatic rings. The van der Waals surface area contributed by atoms with Gasteiger partial charge in [-0.1, -0.05) is 52.4 Å². The summed E-state index contributed by atoms with van der Waals surface area (Å²) >= 11 is 0. The van der Waals surface area contributed by atoms with E-state index in [-0.39, 0.29) is 23.4 Å². The maximum absolute atomic E-state index is 12.5. The molecule has 0 radical (unpaired) electrons. The van der Waals surface area contributed by atoms with Crippen molar-refractivity contribution in [1.82, 2.24) is 0 Å². The summed E-state index contributed by atoms with van der Waals surface area (Å²) in [7, 11) is 0. The SMILES string of the molecule is CCCCCC1CCC(C(=O)OC2CCC(C#N)(CCCC)CC2)CC1. The molecule has 0 spiro atoms. The Morgan fingerprint density at radius 1 is 1.00 bits per heavy atom. The van der Waals surface area contributed by atoms with Crippen LogP contribution in [-0.2, 0) is 9.53 Å². The van der Waals surface area contributed by atoms with Crippen LogP contribution in [0.3, 0.4) is 0 Å². The monoisotopic (exact) mass is 361 g/mol. The number of esters is 1. The lowest BCUT2D eigenvalue weighted by Gasteiger charge is -2.35. The van der Waals surface area contributed by atoms with E-state index in [0.29, 0.717) is 0 Å². The summed E-state index contributed by atoms with van der Waals surface area (Å²) in [6.45, 7) is 4.43. The third-order valence-corrected chi connectivity index (χ3v) is 6.81. The van der Waals surface area contributed by atoms with Gasteiger partial charge < -0.3 is 4.74 Å². The highest BCUT2D eigenvalue weighted by molar-refractivity contribution is 5.72. The number of rotatable bonds is 9. The number of hydrogen-bond donors (Lipinski definition) is 0. The largest absolute Gasteiger partial charge is 0.462 e. The molecule has 0 aromatic rings. The summed E-state index contributed by atoms with van der Waals surface area (Å²) in [5.74, 6) is 0.996. The molecule has 0 unspecified atom stereocenters. The van der Waals surface area contributed by atoms with Crippen LogP contribution in [0.25, 0.3) is 0 Å². The molecule has 0 saturated heterocycles. The quantitative estimate of drug-likeness (QED) is 0.345. The predicted octanol–water partition coefficient (Wildman–Crippen LogP) is 6.56. The van der Waals surface area contributed by atoms with Crippen molar-refractivity contribution in [3.8, 4) is 6.07 Å². The first kappa shape index (κ1) is 21.3. The van der Waals surface area contributed by atoms with Crippen molar-refractivity contribution in [3.05, 3.63) is 0 Å².